The lowest BCUT2D eigenvalue weighted by Crippen LogP contribution is -2.31. The summed E-state index contributed by atoms with van der Waals surface area (Å²) in [7, 11) is 1.94. The second-order valence-corrected chi connectivity index (χ2v) is 5.86. The minimum atomic E-state index is 0.115. The third-order valence-corrected chi connectivity index (χ3v) is 3.94. The summed E-state index contributed by atoms with van der Waals surface area (Å²) in [6.45, 7) is 8.30. The van der Waals surface area contributed by atoms with Gasteiger partial charge < -0.3 is 10.6 Å². The lowest BCUT2D eigenvalue weighted by Gasteiger charge is -2.18. The number of nitrogens with one attached hydrogen (secondary N) is 2. The Balaban J connectivity index is 2.03. The summed E-state index contributed by atoms with van der Waals surface area (Å²) in [5.41, 5.74) is 5.76. The molecule has 0 amide bonds. The number of hydrogen-bond donors (Lipinski definition) is 2. The Morgan fingerprint density at radius 3 is 2.57 bits per heavy atom. The van der Waals surface area contributed by atoms with Crippen LogP contribution in [0.5, 0.6) is 0 Å². The third-order valence-electron chi connectivity index (χ3n) is 3.72. The molecule has 1 unspecified atom stereocenters. The number of rotatable bonds is 3. The molecule has 0 spiro atoms. The van der Waals surface area contributed by atoms with Crippen LogP contribution in [0.2, 0.25) is 0 Å². The van der Waals surface area contributed by atoms with Crippen molar-refractivity contribution in [2.45, 2.75) is 33.7 Å². The molecule has 4 nitrogen and oxygen atoms in total. The molecule has 0 radical (unpaired) electrons. The van der Waals surface area contributed by atoms with Crippen LogP contribution in [-0.4, -0.2) is 14.9 Å². The molecule has 0 fully saturated rings. The van der Waals surface area contributed by atoms with Gasteiger partial charge in [0.25, 0.3) is 0 Å². The molecule has 0 saturated carbocycles. The molecule has 1 aromatic carbocycles. The second kappa shape index (κ2) is 6.26. The van der Waals surface area contributed by atoms with Crippen LogP contribution in [0, 0.1) is 20.8 Å². The highest BCUT2D eigenvalue weighted by molar-refractivity contribution is 7.80. The predicted molar refractivity (Wildman–Crippen MR) is 91.6 cm³/mol. The van der Waals surface area contributed by atoms with Gasteiger partial charge in [-0.25, -0.2) is 0 Å². The number of hydrogen-bond acceptors (Lipinski definition) is 2. The molecule has 0 aliphatic carbocycles. The molecule has 2 rings (SSSR count). The molecule has 1 heterocycles. The summed E-state index contributed by atoms with van der Waals surface area (Å²) < 4.78 is 1.87. The summed E-state index contributed by atoms with van der Waals surface area (Å²) in [5.74, 6) is 0. The lowest BCUT2D eigenvalue weighted by molar-refractivity contribution is 0.701. The number of anilines is 1. The summed E-state index contributed by atoms with van der Waals surface area (Å²) in [6.07, 6.45) is 1.88. The summed E-state index contributed by atoms with van der Waals surface area (Å²) in [4.78, 5) is 0. The first-order valence-electron chi connectivity index (χ1n) is 7.01. The SMILES string of the molecule is Cc1ccc(NC(=S)NC(C)c2cnn(C)c2C)c(C)c1. The van der Waals surface area contributed by atoms with Crippen LogP contribution in [0.3, 0.4) is 0 Å². The van der Waals surface area contributed by atoms with E-state index in [4.69, 9.17) is 12.2 Å². The molecule has 2 aromatic rings. The molecule has 21 heavy (non-hydrogen) atoms. The number of aromatic nitrogens is 2. The van der Waals surface area contributed by atoms with Crippen LogP contribution in [0.25, 0.3) is 0 Å². The molecule has 5 heteroatoms. The monoisotopic (exact) mass is 302 g/mol. The van der Waals surface area contributed by atoms with Crippen molar-refractivity contribution in [1.29, 1.82) is 0 Å². The van der Waals surface area contributed by atoms with Crippen LogP contribution in [0.15, 0.2) is 24.4 Å². The van der Waals surface area contributed by atoms with Crippen molar-refractivity contribution in [3.63, 3.8) is 0 Å². The molecule has 0 aliphatic rings. The van der Waals surface area contributed by atoms with Crippen LogP contribution in [0.4, 0.5) is 5.69 Å². The zero-order valence-electron chi connectivity index (χ0n) is 13.2. The van der Waals surface area contributed by atoms with Gasteiger partial charge in [0.05, 0.1) is 12.2 Å². The van der Waals surface area contributed by atoms with Gasteiger partial charge in [-0.2, -0.15) is 5.10 Å². The molecule has 1 atom stereocenters. The fourth-order valence-electron chi connectivity index (χ4n) is 2.33. The van der Waals surface area contributed by atoms with Gasteiger partial charge >= 0.3 is 0 Å². The van der Waals surface area contributed by atoms with Crippen molar-refractivity contribution in [2.75, 3.05) is 5.32 Å². The molecule has 1 aromatic heterocycles. The summed E-state index contributed by atoms with van der Waals surface area (Å²) in [6, 6.07) is 6.38. The maximum Gasteiger partial charge on any atom is 0.171 e. The Kier molecular flexibility index (Phi) is 4.63. The maximum absolute atomic E-state index is 5.41. The van der Waals surface area contributed by atoms with E-state index >= 15 is 0 Å². The molecule has 0 saturated heterocycles. The highest BCUT2D eigenvalue weighted by Crippen LogP contribution is 2.18. The minimum absolute atomic E-state index is 0.115. The highest BCUT2D eigenvalue weighted by atomic mass is 32.1. The van der Waals surface area contributed by atoms with Gasteiger partial charge in [0.1, 0.15) is 0 Å². The Morgan fingerprint density at radius 1 is 1.29 bits per heavy atom. The van der Waals surface area contributed by atoms with Crippen molar-refractivity contribution in [3.05, 3.63) is 46.8 Å². The Morgan fingerprint density at radius 2 is 2.00 bits per heavy atom. The Hall–Kier alpha value is -1.88. The fraction of sp³-hybridized carbons (Fsp3) is 0.375. The van der Waals surface area contributed by atoms with Gasteiger partial charge in [0, 0.05) is 24.0 Å². The lowest BCUT2D eigenvalue weighted by atomic mass is 10.1. The summed E-state index contributed by atoms with van der Waals surface area (Å²) >= 11 is 5.41. The van der Waals surface area contributed by atoms with E-state index in [0.29, 0.717) is 5.11 Å². The van der Waals surface area contributed by atoms with Gasteiger partial charge in [-0.3, -0.25) is 4.68 Å². The van der Waals surface area contributed by atoms with Gasteiger partial charge in [-0.15, -0.1) is 0 Å². The minimum Gasteiger partial charge on any atom is -0.356 e. The molecule has 0 aliphatic heterocycles. The van der Waals surface area contributed by atoms with E-state index in [0.717, 1.165) is 16.9 Å². The smallest absolute Gasteiger partial charge is 0.171 e. The number of aryl methyl sites for hydroxylation is 3. The van der Waals surface area contributed by atoms with Crippen molar-refractivity contribution in [2.24, 2.45) is 7.05 Å². The molecule has 0 bridgehead atoms. The highest BCUT2D eigenvalue weighted by Gasteiger charge is 2.13. The number of nitrogens with zero attached hydrogens (tertiary/aromatic N) is 2. The molecule has 112 valence electrons. The second-order valence-electron chi connectivity index (χ2n) is 5.45. The summed E-state index contributed by atoms with van der Waals surface area (Å²) in [5, 5.41) is 11.5. The van der Waals surface area contributed by atoms with E-state index in [2.05, 4.69) is 61.6 Å². The Bertz CT molecular complexity index is 660. The van der Waals surface area contributed by atoms with Crippen molar-refractivity contribution in [3.8, 4) is 0 Å². The number of thiocarbonyl (C=S) groups is 1. The average molecular weight is 302 g/mol. The van der Waals surface area contributed by atoms with E-state index in [1.807, 2.05) is 17.9 Å². The predicted octanol–water partition coefficient (Wildman–Crippen LogP) is 3.39. The molecular weight excluding hydrogens is 280 g/mol. The Labute approximate surface area is 131 Å². The van der Waals surface area contributed by atoms with E-state index < -0.39 is 0 Å². The number of benzene rings is 1. The standard InChI is InChI=1S/C16H22N4S/c1-10-6-7-15(11(2)8-10)19-16(21)18-12(3)14-9-17-20(5)13(14)4/h6-9,12H,1-5H3,(H2,18,19,21). The fourth-order valence-corrected chi connectivity index (χ4v) is 2.61. The average Bonchev–Trinajstić information content (AvgIpc) is 2.73. The topological polar surface area (TPSA) is 41.9 Å². The zero-order valence-corrected chi connectivity index (χ0v) is 14.0. The van der Waals surface area contributed by atoms with Crippen LogP contribution in [-0.2, 0) is 7.05 Å². The van der Waals surface area contributed by atoms with Gasteiger partial charge in [-0.1, -0.05) is 17.7 Å². The zero-order chi connectivity index (χ0) is 15.6. The van der Waals surface area contributed by atoms with E-state index in [1.165, 1.54) is 11.1 Å². The largest absolute Gasteiger partial charge is 0.356 e. The quantitative estimate of drug-likeness (QED) is 0.853. The maximum atomic E-state index is 5.41. The van der Waals surface area contributed by atoms with Gasteiger partial charge in [-0.05, 0) is 51.5 Å². The first-order chi connectivity index (χ1) is 9.88. The van der Waals surface area contributed by atoms with E-state index in [1.54, 1.807) is 0 Å². The van der Waals surface area contributed by atoms with Gasteiger partial charge in [0.15, 0.2) is 5.11 Å². The first kappa shape index (κ1) is 15.5. The molecular formula is C16H22N4S. The van der Waals surface area contributed by atoms with Crippen molar-refractivity contribution < 1.29 is 0 Å². The third kappa shape index (κ3) is 3.61. The molecule has 2 N–H and O–H groups in total. The van der Waals surface area contributed by atoms with E-state index in [-0.39, 0.29) is 6.04 Å². The normalized spacial score (nSPS) is 12.0. The van der Waals surface area contributed by atoms with Crippen molar-refractivity contribution >= 4 is 23.0 Å². The van der Waals surface area contributed by atoms with Crippen LogP contribution < -0.4 is 10.6 Å². The first-order valence-corrected chi connectivity index (χ1v) is 7.42. The van der Waals surface area contributed by atoms with E-state index in [9.17, 15) is 0 Å². The van der Waals surface area contributed by atoms with Gasteiger partial charge in [0.2, 0.25) is 0 Å². The van der Waals surface area contributed by atoms with Crippen LogP contribution in [0.1, 0.15) is 35.3 Å². The van der Waals surface area contributed by atoms with Crippen LogP contribution >= 0.6 is 12.2 Å². The van der Waals surface area contributed by atoms with Crippen molar-refractivity contribution in [1.82, 2.24) is 15.1 Å².